The first-order valence-electron chi connectivity index (χ1n) is 8.01. The fourth-order valence-corrected chi connectivity index (χ4v) is 3.99. The second-order valence-electron chi connectivity index (χ2n) is 5.56. The average Bonchev–Trinajstić information content (AvgIpc) is 3.32. The standard InChI is InChI=1S/C16H17ClN4O3S2/c17-10-3-5-11(6-4-10)19-14(23)15-20-21-16(26-15)25-9-13(22)18-8-12-2-1-7-24-12/h3-6,12H,1-2,7-9H2,(H,18,22)(H,19,23). The van der Waals surface area contributed by atoms with Crippen molar-refractivity contribution in [1.29, 1.82) is 0 Å². The molecule has 1 fully saturated rings. The van der Waals surface area contributed by atoms with Gasteiger partial charge >= 0.3 is 0 Å². The van der Waals surface area contributed by atoms with Crippen LogP contribution in [0, 0.1) is 0 Å². The summed E-state index contributed by atoms with van der Waals surface area (Å²) in [6.45, 7) is 1.30. The van der Waals surface area contributed by atoms with Gasteiger partial charge in [-0.15, -0.1) is 10.2 Å². The van der Waals surface area contributed by atoms with Gasteiger partial charge in [-0.3, -0.25) is 9.59 Å². The summed E-state index contributed by atoms with van der Waals surface area (Å²) in [5, 5.41) is 14.2. The minimum atomic E-state index is -0.348. The first-order valence-corrected chi connectivity index (χ1v) is 10.2. The molecule has 2 N–H and O–H groups in total. The third-order valence-electron chi connectivity index (χ3n) is 3.58. The van der Waals surface area contributed by atoms with Crippen LogP contribution in [-0.2, 0) is 9.53 Å². The van der Waals surface area contributed by atoms with Crippen molar-refractivity contribution in [3.05, 3.63) is 34.3 Å². The van der Waals surface area contributed by atoms with E-state index in [1.807, 2.05) is 0 Å². The highest BCUT2D eigenvalue weighted by molar-refractivity contribution is 8.01. The van der Waals surface area contributed by atoms with E-state index >= 15 is 0 Å². The smallest absolute Gasteiger partial charge is 0.286 e. The Hall–Kier alpha value is -1.68. The molecular formula is C16H17ClN4O3S2. The van der Waals surface area contributed by atoms with E-state index in [-0.39, 0.29) is 28.7 Å². The molecule has 7 nitrogen and oxygen atoms in total. The first-order chi connectivity index (χ1) is 12.6. The van der Waals surface area contributed by atoms with Gasteiger partial charge in [0.25, 0.3) is 5.91 Å². The maximum absolute atomic E-state index is 12.2. The maximum Gasteiger partial charge on any atom is 0.286 e. The molecule has 0 spiro atoms. The number of amides is 2. The Morgan fingerprint density at radius 3 is 2.85 bits per heavy atom. The molecule has 1 aromatic heterocycles. The number of aromatic nitrogens is 2. The number of carbonyl (C=O) groups is 2. The molecule has 1 aromatic carbocycles. The van der Waals surface area contributed by atoms with Crippen molar-refractivity contribution >= 4 is 52.2 Å². The van der Waals surface area contributed by atoms with E-state index in [1.165, 1.54) is 11.8 Å². The minimum absolute atomic E-state index is 0.0899. The molecule has 0 radical (unpaired) electrons. The van der Waals surface area contributed by atoms with Gasteiger partial charge in [0.1, 0.15) is 0 Å². The summed E-state index contributed by atoms with van der Waals surface area (Å²) in [5.41, 5.74) is 0.623. The average molecular weight is 413 g/mol. The Morgan fingerprint density at radius 1 is 1.31 bits per heavy atom. The lowest BCUT2D eigenvalue weighted by Gasteiger charge is -2.09. The molecule has 138 valence electrons. The monoisotopic (exact) mass is 412 g/mol. The number of thioether (sulfide) groups is 1. The highest BCUT2D eigenvalue weighted by Crippen LogP contribution is 2.23. The normalized spacial score (nSPS) is 16.4. The lowest BCUT2D eigenvalue weighted by molar-refractivity contribution is -0.119. The topological polar surface area (TPSA) is 93.2 Å². The van der Waals surface area contributed by atoms with Crippen molar-refractivity contribution in [2.24, 2.45) is 0 Å². The van der Waals surface area contributed by atoms with Gasteiger partial charge in [-0.1, -0.05) is 34.7 Å². The van der Waals surface area contributed by atoms with Crippen molar-refractivity contribution in [2.75, 3.05) is 24.2 Å². The Morgan fingerprint density at radius 2 is 2.12 bits per heavy atom. The predicted octanol–water partition coefficient (Wildman–Crippen LogP) is 2.83. The molecule has 1 unspecified atom stereocenters. The SMILES string of the molecule is O=C(CSc1nnc(C(=O)Nc2ccc(Cl)cc2)s1)NCC1CCCO1. The zero-order chi connectivity index (χ0) is 18.4. The Labute approximate surface area is 163 Å². The van der Waals surface area contributed by atoms with Gasteiger partial charge in [0.15, 0.2) is 4.34 Å². The van der Waals surface area contributed by atoms with Gasteiger partial charge in [0, 0.05) is 23.9 Å². The largest absolute Gasteiger partial charge is 0.376 e. The van der Waals surface area contributed by atoms with E-state index in [9.17, 15) is 9.59 Å². The lowest BCUT2D eigenvalue weighted by atomic mass is 10.2. The molecule has 0 bridgehead atoms. The van der Waals surface area contributed by atoms with E-state index in [1.54, 1.807) is 24.3 Å². The summed E-state index contributed by atoms with van der Waals surface area (Å²) in [4.78, 5) is 24.0. The van der Waals surface area contributed by atoms with Gasteiger partial charge in [0.05, 0.1) is 11.9 Å². The molecule has 1 saturated heterocycles. The van der Waals surface area contributed by atoms with Gasteiger partial charge in [-0.05, 0) is 37.1 Å². The fourth-order valence-electron chi connectivity index (χ4n) is 2.29. The van der Waals surface area contributed by atoms with Crippen LogP contribution in [0.1, 0.15) is 22.6 Å². The number of rotatable bonds is 7. The third-order valence-corrected chi connectivity index (χ3v) is 5.89. The van der Waals surface area contributed by atoms with Gasteiger partial charge in [0.2, 0.25) is 10.9 Å². The van der Waals surface area contributed by atoms with Gasteiger partial charge in [-0.2, -0.15) is 0 Å². The Bertz CT molecular complexity index is 763. The Kier molecular flexibility index (Phi) is 6.84. The predicted molar refractivity (Wildman–Crippen MR) is 102 cm³/mol. The number of anilines is 1. The molecule has 1 aliphatic rings. The molecule has 1 aliphatic heterocycles. The maximum atomic E-state index is 12.2. The Balaban J connectivity index is 1.44. The highest BCUT2D eigenvalue weighted by atomic mass is 35.5. The summed E-state index contributed by atoms with van der Waals surface area (Å²) in [5.74, 6) is -0.215. The van der Waals surface area contributed by atoms with Crippen LogP contribution in [0.3, 0.4) is 0 Å². The summed E-state index contributed by atoms with van der Waals surface area (Å²) >= 11 is 8.21. The number of benzene rings is 1. The number of nitrogens with one attached hydrogen (secondary N) is 2. The molecule has 2 aromatic rings. The van der Waals surface area contributed by atoms with Crippen molar-refractivity contribution in [1.82, 2.24) is 15.5 Å². The summed E-state index contributed by atoms with van der Waals surface area (Å²) in [7, 11) is 0. The first kappa shape index (κ1) is 19.1. The van der Waals surface area contributed by atoms with Gasteiger partial charge in [-0.25, -0.2) is 0 Å². The molecule has 0 saturated carbocycles. The van der Waals surface area contributed by atoms with Crippen molar-refractivity contribution < 1.29 is 14.3 Å². The zero-order valence-electron chi connectivity index (χ0n) is 13.7. The van der Waals surface area contributed by atoms with Crippen molar-refractivity contribution in [3.8, 4) is 0 Å². The highest BCUT2D eigenvalue weighted by Gasteiger charge is 2.17. The van der Waals surface area contributed by atoms with Gasteiger partial charge < -0.3 is 15.4 Å². The number of carbonyl (C=O) groups excluding carboxylic acids is 2. The van der Waals surface area contributed by atoms with Crippen LogP contribution in [-0.4, -0.2) is 47.0 Å². The molecule has 2 heterocycles. The number of ether oxygens (including phenoxy) is 1. The quantitative estimate of drug-likeness (QED) is 0.679. The number of halogens is 1. The van der Waals surface area contributed by atoms with Crippen LogP contribution in [0.15, 0.2) is 28.6 Å². The van der Waals surface area contributed by atoms with E-state index < -0.39 is 0 Å². The van der Waals surface area contributed by atoms with Crippen LogP contribution >= 0.6 is 34.7 Å². The molecule has 2 amide bonds. The number of hydrogen-bond donors (Lipinski definition) is 2. The minimum Gasteiger partial charge on any atom is -0.376 e. The molecule has 10 heteroatoms. The zero-order valence-corrected chi connectivity index (χ0v) is 16.1. The van der Waals surface area contributed by atoms with Crippen LogP contribution in [0.4, 0.5) is 5.69 Å². The van der Waals surface area contributed by atoms with E-state index in [0.717, 1.165) is 30.8 Å². The fraction of sp³-hybridized carbons (Fsp3) is 0.375. The van der Waals surface area contributed by atoms with E-state index in [2.05, 4.69) is 20.8 Å². The van der Waals surface area contributed by atoms with E-state index in [4.69, 9.17) is 16.3 Å². The summed E-state index contributed by atoms with van der Waals surface area (Å²) < 4.78 is 6.03. The van der Waals surface area contributed by atoms with Crippen LogP contribution in [0.2, 0.25) is 5.02 Å². The number of nitrogens with zero attached hydrogens (tertiary/aromatic N) is 2. The molecule has 1 atom stereocenters. The van der Waals surface area contributed by atoms with Crippen molar-refractivity contribution in [2.45, 2.75) is 23.3 Å². The molecular weight excluding hydrogens is 396 g/mol. The molecule has 3 rings (SSSR count). The number of hydrogen-bond acceptors (Lipinski definition) is 7. The second-order valence-corrected chi connectivity index (χ2v) is 8.20. The van der Waals surface area contributed by atoms with Crippen molar-refractivity contribution in [3.63, 3.8) is 0 Å². The lowest BCUT2D eigenvalue weighted by Crippen LogP contribution is -2.32. The third kappa shape index (κ3) is 5.66. The summed E-state index contributed by atoms with van der Waals surface area (Å²) in [6.07, 6.45) is 2.14. The van der Waals surface area contributed by atoms with Crippen LogP contribution < -0.4 is 10.6 Å². The molecule has 0 aliphatic carbocycles. The van der Waals surface area contributed by atoms with E-state index in [0.29, 0.717) is 21.6 Å². The second kappa shape index (κ2) is 9.31. The van der Waals surface area contributed by atoms with Crippen LogP contribution in [0.25, 0.3) is 0 Å². The summed E-state index contributed by atoms with van der Waals surface area (Å²) in [6, 6.07) is 6.78. The molecule has 26 heavy (non-hydrogen) atoms. The van der Waals surface area contributed by atoms with Crippen LogP contribution in [0.5, 0.6) is 0 Å².